The molecule has 0 saturated heterocycles. The van der Waals surface area contributed by atoms with Gasteiger partial charge in [-0.2, -0.15) is 0 Å². The van der Waals surface area contributed by atoms with Crippen molar-refractivity contribution in [2.24, 2.45) is 11.3 Å². The Kier molecular flexibility index (Phi) is 1.10. The Morgan fingerprint density at radius 1 is 1.44 bits per heavy atom. The highest BCUT2D eigenvalue weighted by atomic mass is 14.8. The molecular formula is C8H15N. The fourth-order valence-corrected chi connectivity index (χ4v) is 2.18. The normalized spacial score (nSPS) is 30.3. The van der Waals surface area contributed by atoms with Gasteiger partial charge in [0, 0.05) is 0 Å². The first-order chi connectivity index (χ1) is 4.35. The molecule has 2 aliphatic carbocycles. The monoisotopic (exact) mass is 125 g/mol. The molecule has 2 saturated carbocycles. The van der Waals surface area contributed by atoms with Gasteiger partial charge in [-0.3, -0.25) is 0 Å². The van der Waals surface area contributed by atoms with Crippen LogP contribution < -0.4 is 5.32 Å². The molecule has 1 spiro atoms. The van der Waals surface area contributed by atoms with Crippen LogP contribution in [0.5, 0.6) is 0 Å². The standard InChI is InChI=1S/C8H15N/c1-9-6-7-4-8(5-7)2-3-8/h7,9H,2-6H2,1H3. The van der Waals surface area contributed by atoms with Crippen molar-refractivity contribution in [3.63, 3.8) is 0 Å². The lowest BCUT2D eigenvalue weighted by Crippen LogP contribution is -2.32. The van der Waals surface area contributed by atoms with E-state index in [2.05, 4.69) is 12.4 Å². The summed E-state index contributed by atoms with van der Waals surface area (Å²) in [6.45, 7) is 1.25. The summed E-state index contributed by atoms with van der Waals surface area (Å²) in [7, 11) is 2.05. The van der Waals surface area contributed by atoms with E-state index in [9.17, 15) is 0 Å². The second kappa shape index (κ2) is 1.72. The molecule has 0 aromatic heterocycles. The molecule has 0 amide bonds. The molecule has 0 aliphatic heterocycles. The smallest absolute Gasteiger partial charge is 0.00231 e. The predicted molar refractivity (Wildman–Crippen MR) is 38.3 cm³/mol. The Balaban J connectivity index is 1.71. The van der Waals surface area contributed by atoms with Crippen LogP contribution in [-0.4, -0.2) is 13.6 Å². The zero-order valence-electron chi connectivity index (χ0n) is 6.11. The van der Waals surface area contributed by atoms with Gasteiger partial charge in [0.25, 0.3) is 0 Å². The average Bonchev–Trinajstić information content (AvgIpc) is 2.45. The van der Waals surface area contributed by atoms with E-state index >= 15 is 0 Å². The minimum atomic E-state index is 0.904. The highest BCUT2D eigenvalue weighted by molar-refractivity contribution is 5.03. The maximum atomic E-state index is 3.24. The SMILES string of the molecule is CNCC1CC2(CC2)C1. The highest BCUT2D eigenvalue weighted by Gasteiger charge is 2.52. The van der Waals surface area contributed by atoms with Crippen molar-refractivity contribution >= 4 is 0 Å². The summed E-state index contributed by atoms with van der Waals surface area (Å²) in [5.41, 5.74) is 0.904. The molecule has 0 aromatic rings. The maximum absolute atomic E-state index is 3.24. The van der Waals surface area contributed by atoms with Crippen LogP contribution in [0.3, 0.4) is 0 Å². The van der Waals surface area contributed by atoms with Crippen LogP contribution in [-0.2, 0) is 0 Å². The molecule has 1 heteroatoms. The van der Waals surface area contributed by atoms with Crippen LogP contribution >= 0.6 is 0 Å². The first-order valence-electron chi connectivity index (χ1n) is 3.99. The summed E-state index contributed by atoms with van der Waals surface area (Å²) in [5, 5.41) is 3.24. The summed E-state index contributed by atoms with van der Waals surface area (Å²) in [5.74, 6) is 1.03. The van der Waals surface area contributed by atoms with Crippen LogP contribution in [0.2, 0.25) is 0 Å². The second-order valence-corrected chi connectivity index (χ2v) is 3.83. The lowest BCUT2D eigenvalue weighted by Gasteiger charge is -2.35. The van der Waals surface area contributed by atoms with E-state index in [0.717, 1.165) is 11.3 Å². The summed E-state index contributed by atoms with van der Waals surface area (Å²) < 4.78 is 0. The van der Waals surface area contributed by atoms with Crippen molar-refractivity contribution in [2.45, 2.75) is 25.7 Å². The van der Waals surface area contributed by atoms with Gasteiger partial charge in [0.15, 0.2) is 0 Å². The molecule has 0 atom stereocenters. The van der Waals surface area contributed by atoms with Crippen LogP contribution in [0.15, 0.2) is 0 Å². The number of nitrogens with one attached hydrogen (secondary N) is 1. The quantitative estimate of drug-likeness (QED) is 0.588. The van der Waals surface area contributed by atoms with Crippen LogP contribution in [0, 0.1) is 11.3 Å². The van der Waals surface area contributed by atoms with Gasteiger partial charge >= 0.3 is 0 Å². The Bertz CT molecular complexity index is 108. The molecule has 0 heterocycles. The zero-order chi connectivity index (χ0) is 6.32. The van der Waals surface area contributed by atoms with Crippen molar-refractivity contribution in [1.29, 1.82) is 0 Å². The summed E-state index contributed by atoms with van der Waals surface area (Å²) in [6.07, 6.45) is 6.11. The lowest BCUT2D eigenvalue weighted by molar-refractivity contribution is 0.168. The second-order valence-electron chi connectivity index (χ2n) is 3.83. The van der Waals surface area contributed by atoms with Gasteiger partial charge in [-0.25, -0.2) is 0 Å². The van der Waals surface area contributed by atoms with Gasteiger partial charge in [0.1, 0.15) is 0 Å². The van der Waals surface area contributed by atoms with Crippen molar-refractivity contribution in [2.75, 3.05) is 13.6 Å². The fourth-order valence-electron chi connectivity index (χ4n) is 2.18. The molecule has 1 nitrogen and oxygen atoms in total. The van der Waals surface area contributed by atoms with Crippen LogP contribution in [0.1, 0.15) is 25.7 Å². The van der Waals surface area contributed by atoms with Gasteiger partial charge in [0.2, 0.25) is 0 Å². The summed E-state index contributed by atoms with van der Waals surface area (Å²) in [6, 6.07) is 0. The van der Waals surface area contributed by atoms with E-state index in [1.54, 1.807) is 0 Å². The molecule has 0 bridgehead atoms. The maximum Gasteiger partial charge on any atom is -0.00231 e. The van der Waals surface area contributed by atoms with Crippen LogP contribution in [0.4, 0.5) is 0 Å². The molecule has 2 rings (SSSR count). The molecule has 9 heavy (non-hydrogen) atoms. The predicted octanol–water partition coefficient (Wildman–Crippen LogP) is 1.40. The Hall–Kier alpha value is -0.0400. The largest absolute Gasteiger partial charge is 0.319 e. The first kappa shape index (κ1) is 5.72. The zero-order valence-corrected chi connectivity index (χ0v) is 6.11. The number of rotatable bonds is 2. The minimum Gasteiger partial charge on any atom is -0.319 e. The molecule has 0 unspecified atom stereocenters. The molecule has 52 valence electrons. The van der Waals surface area contributed by atoms with Crippen molar-refractivity contribution in [1.82, 2.24) is 5.32 Å². The molecule has 2 aliphatic rings. The first-order valence-corrected chi connectivity index (χ1v) is 3.99. The van der Waals surface area contributed by atoms with Crippen molar-refractivity contribution in [3.05, 3.63) is 0 Å². The summed E-state index contributed by atoms with van der Waals surface area (Å²) in [4.78, 5) is 0. The van der Waals surface area contributed by atoms with Gasteiger partial charge in [-0.15, -0.1) is 0 Å². The Morgan fingerprint density at radius 2 is 2.11 bits per heavy atom. The van der Waals surface area contributed by atoms with Crippen molar-refractivity contribution in [3.8, 4) is 0 Å². The van der Waals surface area contributed by atoms with Crippen molar-refractivity contribution < 1.29 is 0 Å². The molecule has 2 fully saturated rings. The average molecular weight is 125 g/mol. The van der Waals surface area contributed by atoms with E-state index < -0.39 is 0 Å². The van der Waals surface area contributed by atoms with E-state index in [4.69, 9.17) is 0 Å². The fraction of sp³-hybridized carbons (Fsp3) is 1.00. The number of hydrogen-bond donors (Lipinski definition) is 1. The minimum absolute atomic E-state index is 0.904. The Labute approximate surface area is 56.8 Å². The highest BCUT2D eigenvalue weighted by Crippen LogP contribution is 2.62. The van der Waals surface area contributed by atoms with Crippen LogP contribution in [0.25, 0.3) is 0 Å². The van der Waals surface area contributed by atoms with Gasteiger partial charge < -0.3 is 5.32 Å². The summed E-state index contributed by atoms with van der Waals surface area (Å²) >= 11 is 0. The third kappa shape index (κ3) is 0.877. The van der Waals surface area contributed by atoms with E-state index in [0.29, 0.717) is 0 Å². The van der Waals surface area contributed by atoms with E-state index in [-0.39, 0.29) is 0 Å². The van der Waals surface area contributed by atoms with Gasteiger partial charge in [0.05, 0.1) is 0 Å². The van der Waals surface area contributed by atoms with Gasteiger partial charge in [-0.05, 0) is 50.6 Å². The lowest BCUT2D eigenvalue weighted by atomic mass is 9.72. The molecule has 0 radical (unpaired) electrons. The topological polar surface area (TPSA) is 12.0 Å². The third-order valence-corrected chi connectivity index (χ3v) is 2.89. The van der Waals surface area contributed by atoms with E-state index in [1.165, 1.54) is 32.2 Å². The molecule has 0 aromatic carbocycles. The Morgan fingerprint density at radius 3 is 2.56 bits per heavy atom. The van der Waals surface area contributed by atoms with Gasteiger partial charge in [-0.1, -0.05) is 0 Å². The molecular weight excluding hydrogens is 110 g/mol. The molecule has 1 N–H and O–H groups in total. The van der Waals surface area contributed by atoms with E-state index in [1.807, 2.05) is 0 Å². The number of hydrogen-bond acceptors (Lipinski definition) is 1. The third-order valence-electron chi connectivity index (χ3n) is 2.89.